The number of carboxylic acids is 1. The maximum Gasteiger partial charge on any atom is 0.320 e. The highest BCUT2D eigenvalue weighted by Crippen LogP contribution is 2.23. The highest BCUT2D eigenvalue weighted by molar-refractivity contribution is 5.76. The summed E-state index contributed by atoms with van der Waals surface area (Å²) >= 11 is 0. The number of carboxylic acid groups (broad SMARTS) is 1. The molecule has 2 saturated heterocycles. The number of rotatable bonds is 3. The van der Waals surface area contributed by atoms with E-state index >= 15 is 0 Å². The molecule has 2 atom stereocenters. The summed E-state index contributed by atoms with van der Waals surface area (Å²) in [7, 11) is 0. The van der Waals surface area contributed by atoms with Crippen LogP contribution in [0.2, 0.25) is 0 Å². The first-order valence-electron chi connectivity index (χ1n) is 7.49. The molecular formula is C14H24N2O4. The molecule has 114 valence electrons. The van der Waals surface area contributed by atoms with Crippen LogP contribution in [0.15, 0.2) is 0 Å². The Kier molecular flexibility index (Phi) is 5.23. The van der Waals surface area contributed by atoms with E-state index in [9.17, 15) is 9.59 Å². The first-order valence-corrected chi connectivity index (χ1v) is 7.49. The Labute approximate surface area is 119 Å². The van der Waals surface area contributed by atoms with Crippen LogP contribution in [0, 0.1) is 11.8 Å². The minimum atomic E-state index is -0.806. The lowest BCUT2D eigenvalue weighted by molar-refractivity contribution is -0.143. The number of aliphatic hydroxyl groups excluding tert-OH is 1. The van der Waals surface area contributed by atoms with Gasteiger partial charge in [-0.1, -0.05) is 0 Å². The van der Waals surface area contributed by atoms with Crippen LogP contribution in [0.1, 0.15) is 32.1 Å². The maximum atomic E-state index is 12.5. The summed E-state index contributed by atoms with van der Waals surface area (Å²) in [4.78, 5) is 27.0. The van der Waals surface area contributed by atoms with Crippen molar-refractivity contribution in [2.45, 2.75) is 32.1 Å². The summed E-state index contributed by atoms with van der Waals surface area (Å²) in [6, 6.07) is -0.0291. The zero-order chi connectivity index (χ0) is 14.5. The molecule has 2 aliphatic heterocycles. The number of urea groups is 1. The summed E-state index contributed by atoms with van der Waals surface area (Å²) in [5.74, 6) is -0.859. The van der Waals surface area contributed by atoms with Crippen LogP contribution in [0.25, 0.3) is 0 Å². The number of hydrogen-bond acceptors (Lipinski definition) is 3. The number of hydrogen-bond donors (Lipinski definition) is 2. The molecule has 0 radical (unpaired) electrons. The van der Waals surface area contributed by atoms with Gasteiger partial charge in [0, 0.05) is 32.8 Å². The van der Waals surface area contributed by atoms with Gasteiger partial charge in [-0.15, -0.1) is 0 Å². The molecule has 0 aromatic heterocycles. The second kappa shape index (κ2) is 6.92. The Bertz CT molecular complexity index is 359. The predicted molar refractivity (Wildman–Crippen MR) is 73.3 cm³/mol. The molecule has 2 amide bonds. The first kappa shape index (κ1) is 15.1. The number of nitrogens with zero attached hydrogens (tertiary/aromatic N) is 2. The van der Waals surface area contributed by atoms with Crippen molar-refractivity contribution in [3.05, 3.63) is 0 Å². The molecule has 1 unspecified atom stereocenters. The van der Waals surface area contributed by atoms with Gasteiger partial charge in [0.25, 0.3) is 0 Å². The molecule has 0 aliphatic carbocycles. The zero-order valence-electron chi connectivity index (χ0n) is 11.8. The number of likely N-dealkylation sites (tertiary alicyclic amines) is 2. The molecule has 0 saturated carbocycles. The third-order valence-electron chi connectivity index (χ3n) is 4.37. The Morgan fingerprint density at radius 3 is 2.35 bits per heavy atom. The van der Waals surface area contributed by atoms with Crippen LogP contribution in [0.3, 0.4) is 0 Å². The van der Waals surface area contributed by atoms with Gasteiger partial charge in [-0.3, -0.25) is 4.79 Å². The van der Waals surface area contributed by atoms with Crippen molar-refractivity contribution in [1.29, 1.82) is 0 Å². The lowest BCUT2D eigenvalue weighted by Crippen LogP contribution is -2.51. The highest BCUT2D eigenvalue weighted by Gasteiger charge is 2.32. The van der Waals surface area contributed by atoms with Gasteiger partial charge in [0.2, 0.25) is 0 Å². The fraction of sp³-hybridized carbons (Fsp3) is 0.857. The molecule has 6 heteroatoms. The topological polar surface area (TPSA) is 81.1 Å². The van der Waals surface area contributed by atoms with Crippen molar-refractivity contribution in [1.82, 2.24) is 9.80 Å². The molecule has 2 fully saturated rings. The van der Waals surface area contributed by atoms with Crippen molar-refractivity contribution in [2.24, 2.45) is 11.8 Å². The third-order valence-corrected chi connectivity index (χ3v) is 4.37. The van der Waals surface area contributed by atoms with Crippen molar-refractivity contribution in [3.8, 4) is 0 Å². The predicted octanol–water partition coefficient (Wildman–Crippen LogP) is 0.997. The normalized spacial score (nSPS) is 27.4. The lowest BCUT2D eigenvalue weighted by atomic mass is 9.95. The number of carbonyl (C=O) groups excluding carboxylic acids is 1. The second-order valence-corrected chi connectivity index (χ2v) is 5.87. The van der Waals surface area contributed by atoms with Crippen LogP contribution in [-0.2, 0) is 4.79 Å². The number of piperidine rings is 2. The average Bonchev–Trinajstić information content (AvgIpc) is 2.47. The van der Waals surface area contributed by atoms with Gasteiger partial charge in [0.15, 0.2) is 0 Å². The minimum absolute atomic E-state index is 0.0291. The molecule has 2 heterocycles. The van der Waals surface area contributed by atoms with E-state index in [0.717, 1.165) is 32.2 Å². The van der Waals surface area contributed by atoms with Crippen LogP contribution in [0.4, 0.5) is 4.79 Å². The van der Waals surface area contributed by atoms with Gasteiger partial charge in [-0.25, -0.2) is 4.79 Å². The van der Waals surface area contributed by atoms with E-state index in [2.05, 4.69) is 0 Å². The number of aliphatic hydroxyl groups is 1. The third kappa shape index (κ3) is 3.62. The van der Waals surface area contributed by atoms with Crippen LogP contribution >= 0.6 is 0 Å². The number of amides is 2. The number of aliphatic carboxylic acids is 1. The second-order valence-electron chi connectivity index (χ2n) is 5.87. The molecule has 20 heavy (non-hydrogen) atoms. The van der Waals surface area contributed by atoms with E-state index in [-0.39, 0.29) is 12.6 Å². The van der Waals surface area contributed by atoms with Gasteiger partial charge in [0.1, 0.15) is 0 Å². The average molecular weight is 284 g/mol. The van der Waals surface area contributed by atoms with E-state index in [1.807, 2.05) is 4.90 Å². The SMILES string of the molecule is O=C(O)[C@@H]1CCCN(C(=O)N2CCCC(CCO)C2)C1. The van der Waals surface area contributed by atoms with Gasteiger partial charge in [-0.2, -0.15) is 0 Å². The van der Waals surface area contributed by atoms with E-state index < -0.39 is 11.9 Å². The lowest BCUT2D eigenvalue weighted by Gasteiger charge is -2.38. The van der Waals surface area contributed by atoms with Gasteiger partial charge < -0.3 is 20.0 Å². The fourth-order valence-corrected chi connectivity index (χ4v) is 3.21. The summed E-state index contributed by atoms with van der Waals surface area (Å²) in [6.07, 6.45) is 4.18. The number of carbonyl (C=O) groups is 2. The molecule has 0 aromatic rings. The zero-order valence-corrected chi connectivity index (χ0v) is 11.8. The molecular weight excluding hydrogens is 260 g/mol. The molecule has 2 rings (SSSR count). The molecule has 2 aliphatic rings. The molecule has 0 aromatic carbocycles. The van der Waals surface area contributed by atoms with E-state index in [1.54, 1.807) is 4.90 Å². The standard InChI is InChI=1S/C14H24N2O4/c17-8-5-11-3-1-6-15(9-11)14(20)16-7-2-4-12(10-16)13(18)19/h11-12,17H,1-10H2,(H,18,19)/t11?,12-/m1/s1. The Morgan fingerprint density at radius 2 is 1.70 bits per heavy atom. The molecule has 6 nitrogen and oxygen atoms in total. The highest BCUT2D eigenvalue weighted by atomic mass is 16.4. The summed E-state index contributed by atoms with van der Waals surface area (Å²) in [5, 5.41) is 18.1. The van der Waals surface area contributed by atoms with Gasteiger partial charge >= 0.3 is 12.0 Å². The molecule has 0 bridgehead atoms. The summed E-state index contributed by atoms with van der Waals surface area (Å²) < 4.78 is 0. The first-order chi connectivity index (χ1) is 9.61. The monoisotopic (exact) mass is 284 g/mol. The van der Waals surface area contributed by atoms with Crippen LogP contribution in [0.5, 0.6) is 0 Å². The van der Waals surface area contributed by atoms with Crippen molar-refractivity contribution in [2.75, 3.05) is 32.8 Å². The van der Waals surface area contributed by atoms with Gasteiger partial charge in [-0.05, 0) is 38.0 Å². The minimum Gasteiger partial charge on any atom is -0.481 e. The van der Waals surface area contributed by atoms with Crippen molar-refractivity contribution >= 4 is 12.0 Å². The smallest absolute Gasteiger partial charge is 0.320 e. The molecule has 2 N–H and O–H groups in total. The Hall–Kier alpha value is -1.30. The quantitative estimate of drug-likeness (QED) is 0.810. The summed E-state index contributed by atoms with van der Waals surface area (Å²) in [5.41, 5.74) is 0. The van der Waals surface area contributed by atoms with E-state index in [1.165, 1.54) is 0 Å². The maximum absolute atomic E-state index is 12.5. The Morgan fingerprint density at radius 1 is 1.05 bits per heavy atom. The van der Waals surface area contributed by atoms with E-state index in [0.29, 0.717) is 32.0 Å². The van der Waals surface area contributed by atoms with E-state index in [4.69, 9.17) is 10.2 Å². The molecule has 0 spiro atoms. The largest absolute Gasteiger partial charge is 0.481 e. The van der Waals surface area contributed by atoms with Crippen molar-refractivity contribution in [3.63, 3.8) is 0 Å². The summed E-state index contributed by atoms with van der Waals surface area (Å²) in [6.45, 7) is 2.58. The van der Waals surface area contributed by atoms with Gasteiger partial charge in [0.05, 0.1) is 5.92 Å². The van der Waals surface area contributed by atoms with Crippen molar-refractivity contribution < 1.29 is 19.8 Å². The fourth-order valence-electron chi connectivity index (χ4n) is 3.21. The van der Waals surface area contributed by atoms with Crippen LogP contribution in [-0.4, -0.2) is 64.8 Å². The van der Waals surface area contributed by atoms with Crippen LogP contribution < -0.4 is 0 Å². The Balaban J connectivity index is 1.91.